The molecular formula is C36H23N5. The van der Waals surface area contributed by atoms with Gasteiger partial charge in [-0.1, -0.05) is 109 Å². The summed E-state index contributed by atoms with van der Waals surface area (Å²) in [5.74, 6) is 0.699. The summed E-state index contributed by atoms with van der Waals surface area (Å²) >= 11 is 0. The molecule has 0 spiro atoms. The lowest BCUT2D eigenvalue weighted by Gasteiger charge is -2.10. The zero-order chi connectivity index (χ0) is 27.2. The molecule has 0 radical (unpaired) electrons. The van der Waals surface area contributed by atoms with E-state index in [1.54, 1.807) is 0 Å². The number of fused-ring (bicyclic) bond motifs is 5. The van der Waals surface area contributed by atoms with Crippen molar-refractivity contribution in [2.75, 3.05) is 0 Å². The normalized spacial score (nSPS) is 11.4. The number of nitrogens with zero attached hydrogens (tertiary/aromatic N) is 5. The van der Waals surface area contributed by atoms with Gasteiger partial charge >= 0.3 is 0 Å². The molecule has 0 aliphatic rings. The van der Waals surface area contributed by atoms with Crippen molar-refractivity contribution >= 4 is 27.6 Å². The van der Waals surface area contributed by atoms with E-state index < -0.39 is 0 Å². The second-order valence-electron chi connectivity index (χ2n) is 10.0. The van der Waals surface area contributed by atoms with E-state index in [9.17, 15) is 0 Å². The summed E-state index contributed by atoms with van der Waals surface area (Å²) in [7, 11) is 0. The van der Waals surface area contributed by atoms with Gasteiger partial charge in [-0.15, -0.1) is 0 Å². The summed E-state index contributed by atoms with van der Waals surface area (Å²) in [5, 5.41) is 2.25. The van der Waals surface area contributed by atoms with Crippen LogP contribution < -0.4 is 0 Å². The summed E-state index contributed by atoms with van der Waals surface area (Å²) in [4.78, 5) is 19.4. The minimum atomic E-state index is 0.699. The van der Waals surface area contributed by atoms with Gasteiger partial charge in [0, 0.05) is 39.9 Å². The molecule has 0 fully saturated rings. The van der Waals surface area contributed by atoms with Crippen LogP contribution in [0.5, 0.6) is 0 Å². The lowest BCUT2D eigenvalue weighted by atomic mass is 10.0. The van der Waals surface area contributed by atoms with E-state index in [0.29, 0.717) is 5.82 Å². The lowest BCUT2D eigenvalue weighted by molar-refractivity contribution is 1.18. The Morgan fingerprint density at radius 1 is 0.488 bits per heavy atom. The molecule has 4 heterocycles. The molecule has 192 valence electrons. The molecule has 0 aliphatic heterocycles. The second-order valence-corrected chi connectivity index (χ2v) is 10.0. The van der Waals surface area contributed by atoms with E-state index in [1.165, 1.54) is 0 Å². The van der Waals surface area contributed by atoms with Crippen LogP contribution >= 0.6 is 0 Å². The maximum Gasteiger partial charge on any atom is 0.179 e. The van der Waals surface area contributed by atoms with Crippen molar-refractivity contribution in [1.29, 1.82) is 0 Å². The van der Waals surface area contributed by atoms with Gasteiger partial charge < -0.3 is 0 Å². The fourth-order valence-corrected chi connectivity index (χ4v) is 5.41. The zero-order valence-electron chi connectivity index (χ0n) is 22.0. The molecule has 41 heavy (non-hydrogen) atoms. The van der Waals surface area contributed by atoms with Crippen molar-refractivity contribution in [3.05, 3.63) is 140 Å². The quantitative estimate of drug-likeness (QED) is 0.231. The Morgan fingerprint density at radius 2 is 1.12 bits per heavy atom. The number of pyridine rings is 2. The molecule has 0 unspecified atom stereocenters. The molecule has 0 N–H and O–H groups in total. The van der Waals surface area contributed by atoms with Crippen LogP contribution in [-0.4, -0.2) is 24.3 Å². The predicted molar refractivity (Wildman–Crippen MR) is 165 cm³/mol. The third-order valence-electron chi connectivity index (χ3n) is 7.49. The van der Waals surface area contributed by atoms with Crippen LogP contribution in [0.25, 0.3) is 72.6 Å². The fourth-order valence-electron chi connectivity index (χ4n) is 5.41. The van der Waals surface area contributed by atoms with Crippen LogP contribution in [-0.2, 0) is 0 Å². The molecule has 4 aromatic carbocycles. The van der Waals surface area contributed by atoms with Crippen molar-refractivity contribution in [3.8, 4) is 45.0 Å². The Hall–Kier alpha value is -5.68. The van der Waals surface area contributed by atoms with Crippen LogP contribution in [0.15, 0.2) is 140 Å². The number of rotatable bonds is 4. The Morgan fingerprint density at radius 3 is 1.83 bits per heavy atom. The van der Waals surface area contributed by atoms with Crippen molar-refractivity contribution in [3.63, 3.8) is 0 Å². The molecule has 5 nitrogen and oxygen atoms in total. The van der Waals surface area contributed by atoms with Crippen molar-refractivity contribution in [1.82, 2.24) is 24.3 Å². The number of imidazole rings is 1. The van der Waals surface area contributed by atoms with Crippen LogP contribution in [0.3, 0.4) is 0 Å². The highest BCUT2D eigenvalue weighted by molar-refractivity contribution is 6.03. The Balaban J connectivity index is 1.19. The van der Waals surface area contributed by atoms with Crippen LogP contribution in [0, 0.1) is 0 Å². The van der Waals surface area contributed by atoms with Gasteiger partial charge in [0.05, 0.1) is 16.9 Å². The van der Waals surface area contributed by atoms with E-state index in [1.807, 2.05) is 48.7 Å². The molecule has 0 saturated carbocycles. The first-order chi connectivity index (χ1) is 20.3. The maximum atomic E-state index is 4.96. The molecule has 5 heteroatoms. The Bertz CT molecular complexity index is 2130. The third-order valence-corrected chi connectivity index (χ3v) is 7.49. The monoisotopic (exact) mass is 525 g/mol. The van der Waals surface area contributed by atoms with Crippen molar-refractivity contribution < 1.29 is 0 Å². The highest BCUT2D eigenvalue weighted by atomic mass is 15.0. The van der Waals surface area contributed by atoms with Crippen molar-refractivity contribution in [2.45, 2.75) is 0 Å². The second kappa shape index (κ2) is 9.50. The summed E-state index contributed by atoms with van der Waals surface area (Å²) in [6.07, 6.45) is 3.97. The maximum absolute atomic E-state index is 4.96. The largest absolute Gasteiger partial charge is 0.298 e. The van der Waals surface area contributed by atoms with Crippen LogP contribution in [0.4, 0.5) is 0 Å². The topological polar surface area (TPSA) is 56.0 Å². The molecule has 8 aromatic rings. The van der Waals surface area contributed by atoms with Crippen LogP contribution in [0.1, 0.15) is 0 Å². The number of hydrogen-bond acceptors (Lipinski definition) is 4. The first-order valence-corrected chi connectivity index (χ1v) is 13.6. The van der Waals surface area contributed by atoms with Gasteiger partial charge in [-0.3, -0.25) is 4.40 Å². The summed E-state index contributed by atoms with van der Waals surface area (Å²) in [6.45, 7) is 0. The van der Waals surface area contributed by atoms with Gasteiger partial charge in [0.2, 0.25) is 0 Å². The standard InChI is InChI=1S/C36H23N5/c1-3-9-25(10-4-1)31-22-32(26-11-5-2-6-12-26)39-35(38-31)27-17-15-24(16-18-27)28-19-20-41-33(21-28)40-36-34(41)30-14-8-7-13-29(30)23-37-36/h1-23H. The van der Waals surface area contributed by atoms with Gasteiger partial charge in [-0.2, -0.15) is 0 Å². The van der Waals surface area contributed by atoms with E-state index in [0.717, 1.165) is 66.8 Å². The fraction of sp³-hybridized carbons (Fsp3) is 0. The third kappa shape index (κ3) is 4.12. The molecular weight excluding hydrogens is 502 g/mol. The van der Waals surface area contributed by atoms with E-state index in [-0.39, 0.29) is 0 Å². The average Bonchev–Trinajstić information content (AvgIpc) is 3.44. The smallest absolute Gasteiger partial charge is 0.179 e. The van der Waals surface area contributed by atoms with Gasteiger partial charge in [0.1, 0.15) is 5.65 Å². The highest BCUT2D eigenvalue weighted by Gasteiger charge is 2.13. The molecule has 4 aromatic heterocycles. The average molecular weight is 526 g/mol. The molecule has 8 rings (SSSR count). The predicted octanol–water partition coefficient (Wildman–Crippen LogP) is 8.49. The molecule has 0 saturated heterocycles. The number of benzene rings is 4. The van der Waals surface area contributed by atoms with Gasteiger partial charge in [-0.05, 0) is 29.3 Å². The lowest BCUT2D eigenvalue weighted by Crippen LogP contribution is -1.96. The molecule has 0 amide bonds. The van der Waals surface area contributed by atoms with Gasteiger partial charge in [0.15, 0.2) is 11.5 Å². The minimum absolute atomic E-state index is 0.699. The summed E-state index contributed by atoms with van der Waals surface area (Å²) in [5.41, 5.74) is 9.73. The SMILES string of the molecule is c1ccc(-c2cc(-c3ccccc3)nc(-c3ccc(-c4ccn5c(c4)nc4ncc6ccccc6c45)cc3)n2)cc1. The molecule has 0 atom stereocenters. The van der Waals surface area contributed by atoms with Crippen LogP contribution in [0.2, 0.25) is 0 Å². The number of hydrogen-bond donors (Lipinski definition) is 0. The Labute approximate surface area is 236 Å². The summed E-state index contributed by atoms with van der Waals surface area (Å²) in [6, 6.07) is 43.5. The number of aromatic nitrogens is 5. The summed E-state index contributed by atoms with van der Waals surface area (Å²) < 4.78 is 2.12. The van der Waals surface area contributed by atoms with Gasteiger partial charge in [0.25, 0.3) is 0 Å². The first-order valence-electron chi connectivity index (χ1n) is 13.6. The highest BCUT2D eigenvalue weighted by Crippen LogP contribution is 2.30. The van der Waals surface area contributed by atoms with E-state index in [2.05, 4.69) is 101 Å². The van der Waals surface area contributed by atoms with E-state index >= 15 is 0 Å². The van der Waals surface area contributed by atoms with Crippen molar-refractivity contribution in [2.24, 2.45) is 0 Å². The van der Waals surface area contributed by atoms with Gasteiger partial charge in [-0.25, -0.2) is 19.9 Å². The first kappa shape index (κ1) is 23.2. The Kier molecular flexibility index (Phi) is 5.38. The van der Waals surface area contributed by atoms with E-state index in [4.69, 9.17) is 15.0 Å². The molecule has 0 bridgehead atoms. The zero-order valence-corrected chi connectivity index (χ0v) is 22.0. The molecule has 0 aliphatic carbocycles. The minimum Gasteiger partial charge on any atom is -0.298 e.